The van der Waals surface area contributed by atoms with Crippen molar-refractivity contribution >= 4 is 33.4 Å². The van der Waals surface area contributed by atoms with Crippen molar-refractivity contribution in [1.82, 2.24) is 15.1 Å². The standard InChI is InChI=1S/C15H21N3O3S/c1-6-7-15(3,14(20)21-5)16-12(19)11-8-10-9(2)17-18(4)13(10)22-11/h8H,6-7H2,1-5H3,(H,16,19)/t15-/m0/s1. The third kappa shape index (κ3) is 2.85. The predicted octanol–water partition coefficient (Wildman–Crippen LogP) is 2.40. The van der Waals surface area contributed by atoms with Crippen LogP contribution in [0.15, 0.2) is 6.07 Å². The Bertz CT molecular complexity index is 685. The minimum absolute atomic E-state index is 0.262. The number of aryl methyl sites for hydroxylation is 2. The summed E-state index contributed by atoms with van der Waals surface area (Å²) in [5.74, 6) is -0.691. The van der Waals surface area contributed by atoms with Crippen LogP contribution in [-0.4, -0.2) is 34.3 Å². The van der Waals surface area contributed by atoms with Crippen LogP contribution in [0.25, 0.3) is 10.2 Å². The molecule has 2 rings (SSSR count). The number of ether oxygens (including phenoxy) is 1. The van der Waals surface area contributed by atoms with E-state index in [4.69, 9.17) is 4.74 Å². The highest BCUT2D eigenvalue weighted by Gasteiger charge is 2.35. The van der Waals surface area contributed by atoms with Gasteiger partial charge in [0.1, 0.15) is 10.4 Å². The van der Waals surface area contributed by atoms with E-state index in [1.54, 1.807) is 11.6 Å². The van der Waals surface area contributed by atoms with Crippen LogP contribution in [-0.2, 0) is 16.6 Å². The molecule has 2 aromatic heterocycles. The fourth-order valence-electron chi connectivity index (χ4n) is 2.57. The van der Waals surface area contributed by atoms with E-state index < -0.39 is 11.5 Å². The number of nitrogens with one attached hydrogen (secondary N) is 1. The summed E-state index contributed by atoms with van der Waals surface area (Å²) < 4.78 is 6.58. The van der Waals surface area contributed by atoms with E-state index in [0.717, 1.165) is 22.3 Å². The Hall–Kier alpha value is -1.89. The van der Waals surface area contributed by atoms with Crippen LogP contribution in [0.2, 0.25) is 0 Å². The lowest BCUT2D eigenvalue weighted by Gasteiger charge is -2.27. The topological polar surface area (TPSA) is 73.2 Å². The van der Waals surface area contributed by atoms with Gasteiger partial charge in [-0.05, 0) is 26.3 Å². The molecule has 1 N–H and O–H groups in total. The molecule has 0 aliphatic heterocycles. The Balaban J connectivity index is 2.29. The third-order valence-electron chi connectivity index (χ3n) is 3.70. The fraction of sp³-hybridized carbons (Fsp3) is 0.533. The maximum Gasteiger partial charge on any atom is 0.331 e. The number of aromatic nitrogens is 2. The minimum Gasteiger partial charge on any atom is -0.467 e. The molecule has 2 aromatic rings. The molecular weight excluding hydrogens is 302 g/mol. The van der Waals surface area contributed by atoms with E-state index in [-0.39, 0.29) is 5.91 Å². The van der Waals surface area contributed by atoms with Gasteiger partial charge in [-0.2, -0.15) is 5.10 Å². The quantitative estimate of drug-likeness (QED) is 0.858. The van der Waals surface area contributed by atoms with Gasteiger partial charge in [-0.15, -0.1) is 11.3 Å². The summed E-state index contributed by atoms with van der Waals surface area (Å²) in [5.41, 5.74) is -0.124. The molecule has 1 atom stereocenters. The van der Waals surface area contributed by atoms with Crippen molar-refractivity contribution in [2.75, 3.05) is 7.11 Å². The van der Waals surface area contributed by atoms with E-state index in [1.807, 2.05) is 27.0 Å². The Kier molecular flexibility index (Phi) is 4.55. The minimum atomic E-state index is -1.01. The number of hydrogen-bond acceptors (Lipinski definition) is 5. The van der Waals surface area contributed by atoms with Gasteiger partial charge in [-0.25, -0.2) is 4.79 Å². The molecule has 2 heterocycles. The van der Waals surface area contributed by atoms with Gasteiger partial charge < -0.3 is 10.1 Å². The molecule has 7 heteroatoms. The fourth-order valence-corrected chi connectivity index (χ4v) is 3.59. The lowest BCUT2D eigenvalue weighted by molar-refractivity contribution is -0.147. The van der Waals surface area contributed by atoms with Crippen molar-refractivity contribution in [3.8, 4) is 0 Å². The highest BCUT2D eigenvalue weighted by molar-refractivity contribution is 7.20. The average molecular weight is 323 g/mol. The molecule has 0 unspecified atom stereocenters. The summed E-state index contributed by atoms with van der Waals surface area (Å²) >= 11 is 1.37. The summed E-state index contributed by atoms with van der Waals surface area (Å²) in [6, 6.07) is 1.82. The predicted molar refractivity (Wildman–Crippen MR) is 86.1 cm³/mol. The van der Waals surface area contributed by atoms with Gasteiger partial charge >= 0.3 is 5.97 Å². The van der Waals surface area contributed by atoms with Crippen LogP contribution < -0.4 is 5.32 Å². The molecule has 6 nitrogen and oxygen atoms in total. The van der Waals surface area contributed by atoms with Gasteiger partial charge in [0.2, 0.25) is 0 Å². The van der Waals surface area contributed by atoms with E-state index in [9.17, 15) is 9.59 Å². The lowest BCUT2D eigenvalue weighted by Crippen LogP contribution is -2.52. The summed E-state index contributed by atoms with van der Waals surface area (Å²) in [6.45, 7) is 5.56. The molecule has 0 spiro atoms. The Labute approximate surface area is 133 Å². The van der Waals surface area contributed by atoms with Crippen LogP contribution in [0.5, 0.6) is 0 Å². The molecule has 0 fully saturated rings. The van der Waals surface area contributed by atoms with Crippen molar-refractivity contribution in [1.29, 1.82) is 0 Å². The Morgan fingerprint density at radius 2 is 2.18 bits per heavy atom. The van der Waals surface area contributed by atoms with Crippen molar-refractivity contribution in [2.45, 2.75) is 39.2 Å². The summed E-state index contributed by atoms with van der Waals surface area (Å²) in [4.78, 5) is 26.0. The molecule has 1 amide bonds. The van der Waals surface area contributed by atoms with Gasteiger partial charge in [0.05, 0.1) is 17.7 Å². The van der Waals surface area contributed by atoms with Crippen LogP contribution >= 0.6 is 11.3 Å². The van der Waals surface area contributed by atoms with Crippen LogP contribution in [0.3, 0.4) is 0 Å². The molecule has 0 saturated carbocycles. The molecule has 120 valence electrons. The second-order valence-electron chi connectivity index (χ2n) is 5.57. The summed E-state index contributed by atoms with van der Waals surface area (Å²) in [5, 5.41) is 8.10. The monoisotopic (exact) mass is 323 g/mol. The van der Waals surface area contributed by atoms with E-state index >= 15 is 0 Å². The van der Waals surface area contributed by atoms with Crippen LogP contribution in [0, 0.1) is 6.92 Å². The summed E-state index contributed by atoms with van der Waals surface area (Å²) in [7, 11) is 3.18. The molecule has 0 aliphatic rings. The van der Waals surface area contributed by atoms with Crippen LogP contribution in [0.1, 0.15) is 42.1 Å². The van der Waals surface area contributed by atoms with E-state index in [1.165, 1.54) is 18.4 Å². The zero-order valence-corrected chi connectivity index (χ0v) is 14.3. The van der Waals surface area contributed by atoms with Crippen molar-refractivity contribution in [3.63, 3.8) is 0 Å². The largest absolute Gasteiger partial charge is 0.467 e. The Morgan fingerprint density at radius 3 is 2.73 bits per heavy atom. The number of esters is 1. The first-order valence-corrected chi connectivity index (χ1v) is 7.98. The van der Waals surface area contributed by atoms with E-state index in [2.05, 4.69) is 10.4 Å². The molecule has 22 heavy (non-hydrogen) atoms. The zero-order valence-electron chi connectivity index (χ0n) is 13.5. The molecular formula is C15H21N3O3S. The number of thiophene rings is 1. The smallest absolute Gasteiger partial charge is 0.331 e. The SMILES string of the molecule is CCC[C@](C)(NC(=O)c1cc2c(C)nn(C)c2s1)C(=O)OC. The number of carbonyl (C=O) groups is 2. The number of carbonyl (C=O) groups excluding carboxylic acids is 2. The first-order valence-electron chi connectivity index (χ1n) is 7.16. The number of hydrogen-bond donors (Lipinski definition) is 1. The van der Waals surface area contributed by atoms with E-state index in [0.29, 0.717) is 11.3 Å². The molecule has 0 radical (unpaired) electrons. The maximum absolute atomic E-state index is 12.5. The van der Waals surface area contributed by atoms with Gasteiger partial charge in [-0.3, -0.25) is 9.48 Å². The van der Waals surface area contributed by atoms with Crippen molar-refractivity contribution in [2.24, 2.45) is 7.05 Å². The third-order valence-corrected chi connectivity index (χ3v) is 4.90. The number of fused-ring (bicyclic) bond motifs is 1. The highest BCUT2D eigenvalue weighted by atomic mass is 32.1. The Morgan fingerprint density at radius 1 is 1.50 bits per heavy atom. The lowest BCUT2D eigenvalue weighted by atomic mass is 9.96. The van der Waals surface area contributed by atoms with Gasteiger partial charge in [0.15, 0.2) is 0 Å². The molecule has 0 aliphatic carbocycles. The maximum atomic E-state index is 12.5. The first kappa shape index (κ1) is 16.5. The summed E-state index contributed by atoms with van der Waals surface area (Å²) in [6.07, 6.45) is 1.29. The second-order valence-corrected chi connectivity index (χ2v) is 6.60. The van der Waals surface area contributed by atoms with Gasteiger partial charge in [-0.1, -0.05) is 13.3 Å². The van der Waals surface area contributed by atoms with Crippen molar-refractivity contribution < 1.29 is 14.3 Å². The molecule has 0 saturated heterocycles. The number of nitrogens with zero attached hydrogens (tertiary/aromatic N) is 2. The highest BCUT2D eigenvalue weighted by Crippen LogP contribution is 2.28. The normalized spacial score (nSPS) is 13.9. The van der Waals surface area contributed by atoms with Gasteiger partial charge in [0.25, 0.3) is 5.91 Å². The number of methoxy groups -OCH3 is 1. The molecule has 0 aromatic carbocycles. The van der Waals surface area contributed by atoms with Gasteiger partial charge in [0, 0.05) is 12.4 Å². The molecule has 0 bridgehead atoms. The number of rotatable bonds is 5. The first-order chi connectivity index (χ1) is 10.3. The van der Waals surface area contributed by atoms with Crippen molar-refractivity contribution in [3.05, 3.63) is 16.6 Å². The zero-order chi connectivity index (χ0) is 16.5. The number of amides is 1. The average Bonchev–Trinajstić information content (AvgIpc) is 3.01. The second kappa shape index (κ2) is 6.08. The van der Waals surface area contributed by atoms with Crippen LogP contribution in [0.4, 0.5) is 0 Å².